The van der Waals surface area contributed by atoms with Gasteiger partial charge in [-0.05, 0) is 73.2 Å². The van der Waals surface area contributed by atoms with Gasteiger partial charge in [-0.15, -0.1) is 4.94 Å². The Morgan fingerprint density at radius 2 is 1.23 bits per heavy atom. The highest BCUT2D eigenvalue weighted by Crippen LogP contribution is 2.44. The third kappa shape index (κ3) is 4.22. The average molecular weight is 589 g/mol. The fourth-order valence-corrected chi connectivity index (χ4v) is 8.70. The summed E-state index contributed by atoms with van der Waals surface area (Å²) in [5, 5.41) is 9.04. The fraction of sp³-hybridized carbons (Fsp3) is 0.0789. The summed E-state index contributed by atoms with van der Waals surface area (Å²) in [6.45, 7) is 6.98. The number of hydrogen-bond donors (Lipinski definition) is 0. The van der Waals surface area contributed by atoms with Gasteiger partial charge in [0.1, 0.15) is 13.9 Å². The number of nitrogens with zero attached hydrogens (tertiary/aromatic N) is 4. The Labute approximate surface area is 258 Å². The maximum atomic E-state index is 6.51. The van der Waals surface area contributed by atoms with Gasteiger partial charge in [-0.2, -0.15) is 10.1 Å². The summed E-state index contributed by atoms with van der Waals surface area (Å²) in [5.74, 6) is 0.947. The number of pyridine rings is 1. The van der Waals surface area contributed by atoms with Crippen molar-refractivity contribution in [3.05, 3.63) is 145 Å². The lowest BCUT2D eigenvalue weighted by Gasteiger charge is -2.26. The van der Waals surface area contributed by atoms with Crippen LogP contribution < -0.4 is 20.5 Å². The summed E-state index contributed by atoms with van der Waals surface area (Å²) >= 11 is 0. The number of anilines is 4. The number of aryl methyl sites for hydroxylation is 1. The Morgan fingerprint density at radius 3 is 2.02 bits per heavy atom. The third-order valence-corrected chi connectivity index (χ3v) is 12.3. The van der Waals surface area contributed by atoms with Gasteiger partial charge in [0.05, 0.1) is 33.8 Å². The van der Waals surface area contributed by atoms with E-state index in [1.807, 2.05) is 40.6 Å². The van der Waals surface area contributed by atoms with Crippen molar-refractivity contribution < 1.29 is 4.94 Å². The molecule has 0 radical (unpaired) electrons. The second-order valence-corrected chi connectivity index (χ2v) is 16.4. The van der Waals surface area contributed by atoms with E-state index in [1.54, 1.807) is 0 Å². The number of para-hydroxylation sites is 4. The van der Waals surface area contributed by atoms with Crippen LogP contribution in [0, 0.1) is 6.92 Å². The molecule has 0 saturated carbocycles. The lowest BCUT2D eigenvalue weighted by atomic mass is 10.1. The van der Waals surface area contributed by atoms with Crippen LogP contribution in [0.3, 0.4) is 0 Å². The minimum absolute atomic E-state index is 0.947. The van der Waals surface area contributed by atoms with Crippen molar-refractivity contribution in [2.45, 2.75) is 20.0 Å². The normalized spacial score (nSPS) is 13.2. The monoisotopic (exact) mass is 588 g/mol. The first-order valence-electron chi connectivity index (χ1n) is 15.0. The summed E-state index contributed by atoms with van der Waals surface area (Å²) in [4.78, 5) is 11.3. The van der Waals surface area contributed by atoms with Gasteiger partial charge in [0.15, 0.2) is 0 Å². The average Bonchev–Trinajstić information content (AvgIpc) is 3.61. The van der Waals surface area contributed by atoms with Gasteiger partial charge < -0.3 is 0 Å². The molecular formula is C38H32N4OSi. The van der Waals surface area contributed by atoms with Crippen molar-refractivity contribution in [2.24, 2.45) is 0 Å². The van der Waals surface area contributed by atoms with Crippen molar-refractivity contribution in [1.29, 1.82) is 0 Å². The fourth-order valence-electron chi connectivity index (χ4n) is 6.35. The maximum Gasteiger partial charge on any atom is 0.137 e. The van der Waals surface area contributed by atoms with E-state index in [0.717, 1.165) is 28.6 Å². The van der Waals surface area contributed by atoms with Gasteiger partial charge in [0, 0.05) is 17.0 Å². The minimum Gasteiger partial charge on any atom is -0.294 e. The van der Waals surface area contributed by atoms with E-state index < -0.39 is 8.07 Å². The highest BCUT2D eigenvalue weighted by Gasteiger charge is 2.32. The maximum absolute atomic E-state index is 6.51. The molecule has 0 N–H and O–H groups in total. The molecule has 1 aliphatic heterocycles. The molecule has 0 spiro atoms. The van der Waals surface area contributed by atoms with Crippen LogP contribution in [-0.4, -0.2) is 17.6 Å². The predicted octanol–water partition coefficient (Wildman–Crippen LogP) is 8.45. The van der Waals surface area contributed by atoms with Gasteiger partial charge in [-0.3, -0.25) is 4.57 Å². The summed E-state index contributed by atoms with van der Waals surface area (Å²) in [5.41, 5.74) is 7.59. The van der Waals surface area contributed by atoms with Crippen molar-refractivity contribution in [3.8, 4) is 5.82 Å². The zero-order chi connectivity index (χ0) is 29.8. The predicted molar refractivity (Wildman–Crippen MR) is 185 cm³/mol. The molecule has 0 fully saturated rings. The Kier molecular flexibility index (Phi) is 6.15. The van der Waals surface area contributed by atoms with E-state index in [9.17, 15) is 0 Å². The van der Waals surface area contributed by atoms with Crippen molar-refractivity contribution in [2.75, 3.05) is 10.1 Å². The van der Waals surface area contributed by atoms with E-state index >= 15 is 0 Å². The zero-order valence-corrected chi connectivity index (χ0v) is 26.0. The van der Waals surface area contributed by atoms with E-state index in [0.29, 0.717) is 0 Å². The van der Waals surface area contributed by atoms with Crippen LogP contribution in [0.15, 0.2) is 140 Å². The molecule has 7 aromatic rings. The summed E-state index contributed by atoms with van der Waals surface area (Å²) in [6.07, 6.45) is 1.90. The van der Waals surface area contributed by atoms with Gasteiger partial charge in [-0.25, -0.2) is 4.98 Å². The first kappa shape index (κ1) is 26.5. The molecule has 0 aliphatic carbocycles. The van der Waals surface area contributed by atoms with E-state index in [1.165, 1.54) is 37.7 Å². The largest absolute Gasteiger partial charge is 0.294 e. The second kappa shape index (κ2) is 10.2. The Hall–Kier alpha value is -5.17. The third-order valence-electron chi connectivity index (χ3n) is 8.80. The van der Waals surface area contributed by atoms with Crippen LogP contribution in [0.25, 0.3) is 27.6 Å². The van der Waals surface area contributed by atoms with Gasteiger partial charge in [0.25, 0.3) is 0 Å². The smallest absolute Gasteiger partial charge is 0.137 e. The molecule has 1 aliphatic rings. The van der Waals surface area contributed by atoms with Gasteiger partial charge >= 0.3 is 0 Å². The molecule has 2 aromatic heterocycles. The van der Waals surface area contributed by atoms with Crippen LogP contribution in [0.5, 0.6) is 0 Å². The molecule has 8 rings (SSSR count). The topological polar surface area (TPSA) is 33.5 Å². The molecule has 0 amide bonds. The molecule has 0 unspecified atom stereocenters. The van der Waals surface area contributed by atoms with E-state index in [4.69, 9.17) is 9.92 Å². The Balaban J connectivity index is 1.22. The minimum atomic E-state index is -2.14. The highest BCUT2D eigenvalue weighted by molar-refractivity contribution is 7.00. The molecule has 5 aromatic carbocycles. The molecule has 3 heterocycles. The Bertz CT molecular complexity index is 2170. The highest BCUT2D eigenvalue weighted by atomic mass is 28.3. The van der Waals surface area contributed by atoms with Crippen molar-refractivity contribution in [3.63, 3.8) is 0 Å². The standard InChI is InChI=1S/C38H32N4OSi/c1-27-22-23-39-38(24-27)40-34-17-8-7-16-32(34)33-21-20-31(26-37(33)40)44(2,3)30-15-11-14-29(25-30)42-36-19-10-9-18-35(36)41(43-42)28-12-5-4-6-13-28/h4-26H,1-3H3. The van der Waals surface area contributed by atoms with Gasteiger partial charge in [-0.1, -0.05) is 96.3 Å². The molecule has 214 valence electrons. The summed E-state index contributed by atoms with van der Waals surface area (Å²) in [7, 11) is -2.14. The molecule has 0 saturated heterocycles. The van der Waals surface area contributed by atoms with Crippen molar-refractivity contribution >= 4 is 63.0 Å². The van der Waals surface area contributed by atoms with E-state index in [2.05, 4.69) is 134 Å². The van der Waals surface area contributed by atoms with Crippen LogP contribution in [0.2, 0.25) is 13.1 Å². The number of aromatic nitrogens is 2. The Morgan fingerprint density at radius 1 is 0.568 bits per heavy atom. The van der Waals surface area contributed by atoms with Crippen LogP contribution in [-0.2, 0) is 4.94 Å². The number of benzene rings is 5. The van der Waals surface area contributed by atoms with Crippen LogP contribution >= 0.6 is 0 Å². The lowest BCUT2D eigenvalue weighted by Crippen LogP contribution is -2.52. The SMILES string of the molecule is Cc1ccnc(-n2c3ccccc3c3ccc([Si](C)(C)c4cccc(N5ON(c6ccccc6)c6ccccc65)c4)cc32)c1. The number of rotatable bonds is 5. The molecule has 44 heavy (non-hydrogen) atoms. The van der Waals surface area contributed by atoms with Gasteiger partial charge in [0.2, 0.25) is 0 Å². The second-order valence-electron chi connectivity index (χ2n) is 11.9. The molecule has 5 nitrogen and oxygen atoms in total. The molecular weight excluding hydrogens is 557 g/mol. The lowest BCUT2D eigenvalue weighted by molar-refractivity contribution is 0.156. The molecule has 0 bridgehead atoms. The van der Waals surface area contributed by atoms with E-state index in [-0.39, 0.29) is 0 Å². The first-order valence-corrected chi connectivity index (χ1v) is 18.0. The zero-order valence-electron chi connectivity index (χ0n) is 25.0. The van der Waals surface area contributed by atoms with Crippen molar-refractivity contribution in [1.82, 2.24) is 9.55 Å². The van der Waals surface area contributed by atoms with Crippen LogP contribution in [0.4, 0.5) is 22.7 Å². The number of hydrogen-bond acceptors (Lipinski definition) is 4. The number of fused-ring (bicyclic) bond motifs is 4. The van der Waals surface area contributed by atoms with Crippen LogP contribution in [0.1, 0.15) is 5.56 Å². The first-order chi connectivity index (χ1) is 21.5. The molecule has 0 atom stereocenters. The molecule has 6 heteroatoms. The quantitative estimate of drug-likeness (QED) is 0.189. The summed E-state index contributed by atoms with van der Waals surface area (Å²) < 4.78 is 2.31. The summed E-state index contributed by atoms with van der Waals surface area (Å²) in [6, 6.07) is 47.3.